The fourth-order valence-electron chi connectivity index (χ4n) is 1.79. The average molecular weight is 245 g/mol. The van der Waals surface area contributed by atoms with Crippen molar-refractivity contribution < 1.29 is 5.11 Å². The molecule has 4 nitrogen and oxygen atoms in total. The summed E-state index contributed by atoms with van der Waals surface area (Å²) in [6.45, 7) is 6.24. The summed E-state index contributed by atoms with van der Waals surface area (Å²) in [4.78, 5) is 0. The molecule has 0 saturated carbocycles. The Kier molecular flexibility index (Phi) is 3.77. The van der Waals surface area contributed by atoms with Crippen molar-refractivity contribution in [1.29, 1.82) is 0 Å². The van der Waals surface area contributed by atoms with Crippen LogP contribution in [0.25, 0.3) is 5.69 Å². The van der Waals surface area contributed by atoms with Gasteiger partial charge in [-0.05, 0) is 30.0 Å². The first-order valence-corrected chi connectivity index (χ1v) is 6.32. The topological polar surface area (TPSA) is 50.9 Å². The van der Waals surface area contributed by atoms with Crippen molar-refractivity contribution in [1.82, 2.24) is 15.0 Å². The zero-order valence-electron chi connectivity index (χ0n) is 11.0. The van der Waals surface area contributed by atoms with Gasteiger partial charge in [-0.25, -0.2) is 4.68 Å². The molecule has 0 bridgehead atoms. The molecule has 18 heavy (non-hydrogen) atoms. The second-order valence-corrected chi connectivity index (χ2v) is 4.76. The lowest BCUT2D eigenvalue weighted by atomic mass is 10.0. The van der Waals surface area contributed by atoms with Crippen LogP contribution in [0.2, 0.25) is 0 Å². The van der Waals surface area contributed by atoms with Gasteiger partial charge in [0.05, 0.1) is 18.0 Å². The molecule has 0 aliphatic carbocycles. The van der Waals surface area contributed by atoms with Crippen molar-refractivity contribution in [2.75, 3.05) is 0 Å². The first kappa shape index (κ1) is 12.8. The van der Waals surface area contributed by atoms with Crippen molar-refractivity contribution in [3.63, 3.8) is 0 Å². The van der Waals surface area contributed by atoms with Crippen LogP contribution in [-0.4, -0.2) is 20.1 Å². The number of hydrogen-bond donors (Lipinski definition) is 1. The zero-order valence-corrected chi connectivity index (χ0v) is 11.0. The highest BCUT2D eigenvalue weighted by Gasteiger charge is 2.10. The van der Waals surface area contributed by atoms with Gasteiger partial charge in [-0.15, -0.1) is 5.10 Å². The van der Waals surface area contributed by atoms with Gasteiger partial charge >= 0.3 is 0 Å². The number of nitrogens with zero attached hydrogens (tertiary/aromatic N) is 3. The van der Waals surface area contributed by atoms with Crippen LogP contribution in [0.3, 0.4) is 0 Å². The van der Waals surface area contributed by atoms with E-state index in [1.54, 1.807) is 10.9 Å². The second kappa shape index (κ2) is 5.31. The van der Waals surface area contributed by atoms with E-state index in [0.29, 0.717) is 18.0 Å². The molecule has 0 amide bonds. The maximum Gasteiger partial charge on any atom is 0.112 e. The number of rotatable bonds is 4. The Hall–Kier alpha value is -1.68. The minimum Gasteiger partial charge on any atom is -0.387 e. The summed E-state index contributed by atoms with van der Waals surface area (Å²) < 4.78 is 1.71. The molecule has 1 unspecified atom stereocenters. The normalized spacial score (nSPS) is 12.9. The average Bonchev–Trinajstić information content (AvgIpc) is 2.87. The minimum absolute atomic E-state index is 0.481. The Morgan fingerprint density at radius 2 is 2.11 bits per heavy atom. The van der Waals surface area contributed by atoms with Crippen molar-refractivity contribution in [3.05, 3.63) is 41.7 Å². The van der Waals surface area contributed by atoms with Crippen LogP contribution >= 0.6 is 0 Å². The van der Waals surface area contributed by atoms with Crippen LogP contribution < -0.4 is 0 Å². The minimum atomic E-state index is -0.535. The Labute approximate surface area is 107 Å². The molecule has 96 valence electrons. The van der Waals surface area contributed by atoms with E-state index in [4.69, 9.17) is 0 Å². The predicted molar refractivity (Wildman–Crippen MR) is 70.7 cm³/mol. The largest absolute Gasteiger partial charge is 0.387 e. The molecular formula is C14H19N3O. The summed E-state index contributed by atoms with van der Waals surface area (Å²) >= 11 is 0. The maximum absolute atomic E-state index is 9.72. The molecule has 2 rings (SSSR count). The maximum atomic E-state index is 9.72. The van der Waals surface area contributed by atoms with Crippen LogP contribution in [0.5, 0.6) is 0 Å². The SMILES string of the molecule is CCC(O)c1cn(-c2cccc(C(C)C)c2)nn1. The zero-order chi connectivity index (χ0) is 13.1. The van der Waals surface area contributed by atoms with Gasteiger partial charge in [0, 0.05) is 0 Å². The fourth-order valence-corrected chi connectivity index (χ4v) is 1.79. The highest BCUT2D eigenvalue weighted by atomic mass is 16.3. The van der Waals surface area contributed by atoms with Gasteiger partial charge in [-0.2, -0.15) is 0 Å². The molecule has 1 N–H and O–H groups in total. The van der Waals surface area contributed by atoms with E-state index in [1.807, 2.05) is 19.1 Å². The molecular weight excluding hydrogens is 226 g/mol. The Morgan fingerprint density at radius 1 is 1.33 bits per heavy atom. The van der Waals surface area contributed by atoms with E-state index < -0.39 is 6.10 Å². The van der Waals surface area contributed by atoms with Crippen LogP contribution in [-0.2, 0) is 0 Å². The quantitative estimate of drug-likeness (QED) is 0.901. The van der Waals surface area contributed by atoms with Crippen molar-refractivity contribution >= 4 is 0 Å². The van der Waals surface area contributed by atoms with Gasteiger partial charge in [0.15, 0.2) is 0 Å². The van der Waals surface area contributed by atoms with Crippen molar-refractivity contribution in [2.24, 2.45) is 0 Å². The molecule has 0 saturated heterocycles. The van der Waals surface area contributed by atoms with Crippen LogP contribution in [0, 0.1) is 0 Å². The molecule has 2 aromatic rings. The van der Waals surface area contributed by atoms with E-state index in [0.717, 1.165) is 5.69 Å². The van der Waals surface area contributed by atoms with Crippen molar-refractivity contribution in [3.8, 4) is 5.69 Å². The van der Waals surface area contributed by atoms with Gasteiger partial charge in [-0.3, -0.25) is 0 Å². The first-order valence-electron chi connectivity index (χ1n) is 6.32. The van der Waals surface area contributed by atoms with Crippen LogP contribution in [0.4, 0.5) is 0 Å². The predicted octanol–water partition coefficient (Wildman–Crippen LogP) is 2.83. The Morgan fingerprint density at radius 3 is 2.78 bits per heavy atom. The van der Waals surface area contributed by atoms with Gasteiger partial charge < -0.3 is 5.11 Å². The Bertz CT molecular complexity index is 519. The summed E-state index contributed by atoms with van der Waals surface area (Å²) in [5.74, 6) is 0.481. The third-order valence-corrected chi connectivity index (χ3v) is 3.04. The third kappa shape index (κ3) is 2.59. The smallest absolute Gasteiger partial charge is 0.112 e. The molecule has 1 atom stereocenters. The van der Waals surface area contributed by atoms with Crippen molar-refractivity contribution in [2.45, 2.75) is 39.2 Å². The molecule has 1 aromatic heterocycles. The third-order valence-electron chi connectivity index (χ3n) is 3.04. The van der Waals surface area contributed by atoms with E-state index >= 15 is 0 Å². The molecule has 4 heteroatoms. The highest BCUT2D eigenvalue weighted by Crippen LogP contribution is 2.19. The summed E-state index contributed by atoms with van der Waals surface area (Å²) in [6.07, 6.45) is 1.89. The number of benzene rings is 1. The molecule has 1 heterocycles. The van der Waals surface area contributed by atoms with Gasteiger partial charge in [-0.1, -0.05) is 38.1 Å². The summed E-state index contributed by atoms with van der Waals surface area (Å²) in [5.41, 5.74) is 2.86. The monoisotopic (exact) mass is 245 g/mol. The number of aliphatic hydroxyl groups is 1. The van der Waals surface area contributed by atoms with Gasteiger partial charge in [0.25, 0.3) is 0 Å². The second-order valence-electron chi connectivity index (χ2n) is 4.76. The molecule has 0 fully saturated rings. The summed E-state index contributed by atoms with van der Waals surface area (Å²) in [7, 11) is 0. The van der Waals surface area contributed by atoms with Gasteiger partial charge in [0.1, 0.15) is 5.69 Å². The Balaban J connectivity index is 2.31. The van der Waals surface area contributed by atoms with E-state index in [1.165, 1.54) is 5.56 Å². The fraction of sp³-hybridized carbons (Fsp3) is 0.429. The number of aliphatic hydroxyl groups excluding tert-OH is 1. The molecule has 0 aliphatic heterocycles. The van der Waals surface area contributed by atoms with Crippen LogP contribution in [0.15, 0.2) is 30.5 Å². The van der Waals surface area contributed by atoms with E-state index in [-0.39, 0.29) is 0 Å². The van der Waals surface area contributed by atoms with Crippen LogP contribution in [0.1, 0.15) is 50.5 Å². The summed E-state index contributed by atoms with van der Waals surface area (Å²) in [5, 5.41) is 17.8. The lowest BCUT2D eigenvalue weighted by Crippen LogP contribution is -1.97. The highest BCUT2D eigenvalue weighted by molar-refractivity contribution is 5.36. The van der Waals surface area contributed by atoms with E-state index in [2.05, 4.69) is 36.3 Å². The number of aromatic nitrogens is 3. The molecule has 0 aliphatic rings. The standard InChI is InChI=1S/C14H19N3O/c1-4-14(18)13-9-17(16-15-13)12-7-5-6-11(8-12)10(2)3/h5-10,14,18H,4H2,1-3H3. The lowest BCUT2D eigenvalue weighted by Gasteiger charge is -2.07. The number of hydrogen-bond acceptors (Lipinski definition) is 3. The summed E-state index contributed by atoms with van der Waals surface area (Å²) in [6, 6.07) is 8.21. The first-order chi connectivity index (χ1) is 8.61. The molecule has 1 aromatic carbocycles. The lowest BCUT2D eigenvalue weighted by molar-refractivity contribution is 0.169. The van der Waals surface area contributed by atoms with Gasteiger partial charge in [0.2, 0.25) is 0 Å². The van der Waals surface area contributed by atoms with E-state index in [9.17, 15) is 5.11 Å². The molecule has 0 spiro atoms. The molecule has 0 radical (unpaired) electrons.